The predicted molar refractivity (Wildman–Crippen MR) is 78.2 cm³/mol. The lowest BCUT2D eigenvalue weighted by Crippen LogP contribution is -3.16. The summed E-state index contributed by atoms with van der Waals surface area (Å²) in [5.41, 5.74) is 0.303. The van der Waals surface area contributed by atoms with E-state index >= 15 is 0 Å². The van der Waals surface area contributed by atoms with Crippen LogP contribution in [0.3, 0.4) is 0 Å². The number of likely N-dealkylation sites (tertiary alicyclic amines) is 1. The summed E-state index contributed by atoms with van der Waals surface area (Å²) < 4.78 is 26.0. The number of rotatable bonds is 3. The van der Waals surface area contributed by atoms with E-state index in [1.165, 1.54) is 30.2 Å². The Hall–Kier alpha value is -1.49. The molecular formula is C16H23F2N2O+. The number of carbonyl (C=O) groups is 1. The summed E-state index contributed by atoms with van der Waals surface area (Å²) in [6.07, 6.45) is 6.00. The van der Waals surface area contributed by atoms with Crippen molar-refractivity contribution >= 4 is 11.6 Å². The van der Waals surface area contributed by atoms with E-state index in [0.717, 1.165) is 38.1 Å². The van der Waals surface area contributed by atoms with Gasteiger partial charge in [0, 0.05) is 11.8 Å². The molecule has 1 atom stereocenters. The van der Waals surface area contributed by atoms with E-state index in [2.05, 4.69) is 5.32 Å². The van der Waals surface area contributed by atoms with Gasteiger partial charge in [0.1, 0.15) is 0 Å². The average Bonchev–Trinajstić information content (AvgIpc) is 2.42. The van der Waals surface area contributed by atoms with E-state index in [1.807, 2.05) is 6.92 Å². The van der Waals surface area contributed by atoms with Gasteiger partial charge in [0.2, 0.25) is 0 Å². The summed E-state index contributed by atoms with van der Waals surface area (Å²) in [5, 5.41) is 2.68. The van der Waals surface area contributed by atoms with Gasteiger partial charge in [-0.1, -0.05) is 6.42 Å². The molecule has 21 heavy (non-hydrogen) atoms. The van der Waals surface area contributed by atoms with Gasteiger partial charge in [-0.2, -0.15) is 0 Å². The van der Waals surface area contributed by atoms with Crippen molar-refractivity contribution in [2.24, 2.45) is 0 Å². The third-order valence-electron chi connectivity index (χ3n) is 4.19. The first-order valence-corrected chi connectivity index (χ1v) is 7.68. The molecule has 0 saturated carbocycles. The van der Waals surface area contributed by atoms with Gasteiger partial charge in [-0.25, -0.2) is 8.78 Å². The Morgan fingerprint density at radius 1 is 1.10 bits per heavy atom. The average molecular weight is 297 g/mol. The van der Waals surface area contributed by atoms with Crippen LogP contribution in [0.1, 0.15) is 39.0 Å². The quantitative estimate of drug-likeness (QED) is 0.880. The molecule has 5 heteroatoms. The minimum absolute atomic E-state index is 0.142. The van der Waals surface area contributed by atoms with Crippen molar-refractivity contribution in [1.82, 2.24) is 0 Å². The molecular weight excluding hydrogens is 274 g/mol. The maximum atomic E-state index is 13.2. The van der Waals surface area contributed by atoms with E-state index in [0.29, 0.717) is 5.69 Å². The molecule has 1 aliphatic rings. The van der Waals surface area contributed by atoms with Gasteiger partial charge in [0.25, 0.3) is 5.91 Å². The lowest BCUT2D eigenvalue weighted by Gasteiger charge is -2.26. The van der Waals surface area contributed by atoms with Gasteiger partial charge in [-0.05, 0) is 44.7 Å². The van der Waals surface area contributed by atoms with E-state index in [4.69, 9.17) is 0 Å². The molecule has 1 heterocycles. The smallest absolute Gasteiger partial charge is 0.282 e. The highest BCUT2D eigenvalue weighted by Crippen LogP contribution is 2.13. The summed E-state index contributed by atoms with van der Waals surface area (Å²) in [6, 6.07) is 3.24. The molecule has 0 spiro atoms. The lowest BCUT2D eigenvalue weighted by molar-refractivity contribution is -0.914. The first-order chi connectivity index (χ1) is 10.1. The number of anilines is 1. The van der Waals surface area contributed by atoms with Crippen LogP contribution in [0.2, 0.25) is 0 Å². The standard InChI is InChI=1S/C16H22F2N2O/c1-12(20-9-5-3-2-4-6-10-20)16(21)19-13-7-8-14(17)15(18)11-13/h7-8,11-12H,2-6,9-10H2,1H3,(H,19,21)/p+1/t12-/m0/s1. The minimum atomic E-state index is -0.945. The Bertz CT molecular complexity index is 485. The Morgan fingerprint density at radius 3 is 2.33 bits per heavy atom. The van der Waals surface area contributed by atoms with Crippen LogP contribution in [0.25, 0.3) is 0 Å². The lowest BCUT2D eigenvalue weighted by atomic mass is 10.1. The summed E-state index contributed by atoms with van der Waals surface area (Å²) in [4.78, 5) is 13.5. The topological polar surface area (TPSA) is 33.5 Å². The molecule has 2 N–H and O–H groups in total. The van der Waals surface area contributed by atoms with Gasteiger partial charge in [-0.15, -0.1) is 0 Å². The molecule has 0 bridgehead atoms. The van der Waals surface area contributed by atoms with Gasteiger partial charge in [0.15, 0.2) is 17.7 Å². The second-order valence-electron chi connectivity index (χ2n) is 5.77. The summed E-state index contributed by atoms with van der Waals surface area (Å²) >= 11 is 0. The van der Waals surface area contributed by atoms with E-state index < -0.39 is 11.6 Å². The van der Waals surface area contributed by atoms with Crippen molar-refractivity contribution < 1.29 is 18.5 Å². The van der Waals surface area contributed by atoms with Crippen molar-refractivity contribution in [3.63, 3.8) is 0 Å². The van der Waals surface area contributed by atoms with Crippen molar-refractivity contribution in [1.29, 1.82) is 0 Å². The summed E-state index contributed by atoms with van der Waals surface area (Å²) in [6.45, 7) is 3.88. The second-order valence-corrected chi connectivity index (χ2v) is 5.77. The van der Waals surface area contributed by atoms with Crippen LogP contribution in [-0.2, 0) is 4.79 Å². The zero-order valence-corrected chi connectivity index (χ0v) is 12.4. The molecule has 116 valence electrons. The van der Waals surface area contributed by atoms with Gasteiger partial charge >= 0.3 is 0 Å². The number of quaternary nitrogens is 1. The Kier molecular flexibility index (Phi) is 5.67. The van der Waals surface area contributed by atoms with Crippen molar-refractivity contribution in [2.75, 3.05) is 18.4 Å². The number of hydrogen-bond acceptors (Lipinski definition) is 1. The van der Waals surface area contributed by atoms with Crippen LogP contribution >= 0.6 is 0 Å². The molecule has 3 nitrogen and oxygen atoms in total. The van der Waals surface area contributed by atoms with Crippen molar-refractivity contribution in [3.05, 3.63) is 29.8 Å². The summed E-state index contributed by atoms with van der Waals surface area (Å²) in [5.74, 6) is -1.99. The van der Waals surface area contributed by atoms with Gasteiger partial charge < -0.3 is 10.2 Å². The molecule has 1 fully saturated rings. The van der Waals surface area contributed by atoms with Gasteiger partial charge in [-0.3, -0.25) is 4.79 Å². The fourth-order valence-corrected chi connectivity index (χ4v) is 2.80. The van der Waals surface area contributed by atoms with Crippen LogP contribution in [0.4, 0.5) is 14.5 Å². The van der Waals surface area contributed by atoms with E-state index in [-0.39, 0.29) is 11.9 Å². The number of benzene rings is 1. The third-order valence-corrected chi connectivity index (χ3v) is 4.19. The molecule has 2 rings (SSSR count). The fraction of sp³-hybridized carbons (Fsp3) is 0.562. The normalized spacial score (nSPS) is 18.6. The zero-order chi connectivity index (χ0) is 15.2. The zero-order valence-electron chi connectivity index (χ0n) is 12.4. The highest BCUT2D eigenvalue weighted by molar-refractivity contribution is 5.93. The molecule has 0 unspecified atom stereocenters. The monoisotopic (exact) mass is 297 g/mol. The first-order valence-electron chi connectivity index (χ1n) is 7.68. The number of carbonyl (C=O) groups excluding carboxylic acids is 1. The SMILES string of the molecule is C[C@@H](C(=O)Nc1ccc(F)c(F)c1)[NH+]1CCCCCCC1. The minimum Gasteiger partial charge on any atom is -0.325 e. The number of hydrogen-bond donors (Lipinski definition) is 2. The highest BCUT2D eigenvalue weighted by atomic mass is 19.2. The molecule has 0 radical (unpaired) electrons. The van der Waals surface area contributed by atoms with E-state index in [9.17, 15) is 13.6 Å². The molecule has 1 aromatic carbocycles. The number of amides is 1. The van der Waals surface area contributed by atoms with Crippen LogP contribution in [0.15, 0.2) is 18.2 Å². The Labute approximate surface area is 124 Å². The molecule has 0 aromatic heterocycles. The molecule has 1 aliphatic heterocycles. The number of nitrogens with one attached hydrogen (secondary N) is 2. The van der Waals surface area contributed by atoms with Crippen LogP contribution < -0.4 is 10.2 Å². The maximum absolute atomic E-state index is 13.2. The van der Waals surface area contributed by atoms with Crippen LogP contribution in [-0.4, -0.2) is 25.0 Å². The Balaban J connectivity index is 1.95. The van der Waals surface area contributed by atoms with Gasteiger partial charge in [0.05, 0.1) is 13.1 Å². The fourth-order valence-electron chi connectivity index (χ4n) is 2.80. The van der Waals surface area contributed by atoms with Crippen LogP contribution in [0, 0.1) is 11.6 Å². The highest BCUT2D eigenvalue weighted by Gasteiger charge is 2.25. The van der Waals surface area contributed by atoms with Crippen LogP contribution in [0.5, 0.6) is 0 Å². The second kappa shape index (κ2) is 7.50. The molecule has 1 saturated heterocycles. The van der Waals surface area contributed by atoms with E-state index in [1.54, 1.807) is 0 Å². The predicted octanol–water partition coefficient (Wildman–Crippen LogP) is 2.14. The summed E-state index contributed by atoms with van der Waals surface area (Å²) in [7, 11) is 0. The number of halogens is 2. The van der Waals surface area contributed by atoms with Crippen molar-refractivity contribution in [2.45, 2.75) is 45.1 Å². The maximum Gasteiger partial charge on any atom is 0.282 e. The molecule has 0 aliphatic carbocycles. The molecule has 1 aromatic rings. The molecule has 1 amide bonds. The first kappa shape index (κ1) is 15.9. The Morgan fingerprint density at radius 2 is 1.71 bits per heavy atom. The van der Waals surface area contributed by atoms with Crippen molar-refractivity contribution in [3.8, 4) is 0 Å². The third kappa shape index (κ3) is 4.49. The largest absolute Gasteiger partial charge is 0.325 e.